The molecule has 0 radical (unpaired) electrons. The Labute approximate surface area is 123 Å². The van der Waals surface area contributed by atoms with Gasteiger partial charge in [-0.15, -0.1) is 0 Å². The van der Waals surface area contributed by atoms with E-state index in [-0.39, 0.29) is 11.4 Å². The maximum atomic E-state index is 10.8. The van der Waals surface area contributed by atoms with E-state index in [1.165, 1.54) is 17.3 Å². The molecule has 3 rings (SSSR count). The average molecular weight is 283 g/mol. The van der Waals surface area contributed by atoms with Gasteiger partial charge in [0.05, 0.1) is 4.92 Å². The largest absolute Gasteiger partial charge is 0.393 e. The molecule has 0 saturated carbocycles. The second kappa shape index (κ2) is 5.44. The minimum Gasteiger partial charge on any atom is -0.393 e. The molecule has 5 heteroatoms. The molecule has 2 aromatic rings. The number of fused-ring (bicyclic) bond motifs is 1. The van der Waals surface area contributed by atoms with Crippen molar-refractivity contribution < 1.29 is 4.92 Å². The summed E-state index contributed by atoms with van der Waals surface area (Å²) in [4.78, 5) is 12.7. The van der Waals surface area contributed by atoms with E-state index in [1.54, 1.807) is 12.1 Å². The van der Waals surface area contributed by atoms with Gasteiger partial charge in [0, 0.05) is 24.8 Å². The monoisotopic (exact) mass is 283 g/mol. The number of nitro groups is 1. The van der Waals surface area contributed by atoms with Gasteiger partial charge >= 0.3 is 0 Å². The van der Waals surface area contributed by atoms with Gasteiger partial charge in [0.15, 0.2) is 0 Å². The van der Waals surface area contributed by atoms with Crippen LogP contribution < -0.4 is 10.6 Å². The first-order valence-electron chi connectivity index (χ1n) is 7.01. The van der Waals surface area contributed by atoms with Gasteiger partial charge in [-0.1, -0.05) is 24.3 Å². The van der Waals surface area contributed by atoms with E-state index in [0.717, 1.165) is 31.5 Å². The molecule has 0 fully saturated rings. The Morgan fingerprint density at radius 1 is 1.24 bits per heavy atom. The summed E-state index contributed by atoms with van der Waals surface area (Å²) in [7, 11) is 0. The third kappa shape index (κ3) is 2.67. The van der Waals surface area contributed by atoms with E-state index in [9.17, 15) is 10.1 Å². The summed E-state index contributed by atoms with van der Waals surface area (Å²) in [6.07, 6.45) is 2.23. The van der Waals surface area contributed by atoms with Crippen LogP contribution in [0.25, 0.3) is 0 Å². The molecule has 0 bridgehead atoms. The van der Waals surface area contributed by atoms with Crippen LogP contribution >= 0.6 is 0 Å². The molecular weight excluding hydrogens is 266 g/mol. The van der Waals surface area contributed by atoms with E-state index in [4.69, 9.17) is 5.73 Å². The van der Waals surface area contributed by atoms with Crippen LogP contribution in [0.15, 0.2) is 42.5 Å². The first-order chi connectivity index (χ1) is 10.1. The van der Waals surface area contributed by atoms with Crippen LogP contribution in [0.2, 0.25) is 0 Å². The first kappa shape index (κ1) is 13.4. The molecule has 21 heavy (non-hydrogen) atoms. The van der Waals surface area contributed by atoms with Gasteiger partial charge in [-0.3, -0.25) is 10.1 Å². The summed E-state index contributed by atoms with van der Waals surface area (Å²) in [5.41, 5.74) is 9.56. The quantitative estimate of drug-likeness (QED) is 0.533. The third-order valence-corrected chi connectivity index (χ3v) is 3.87. The van der Waals surface area contributed by atoms with Crippen LogP contribution in [0.3, 0.4) is 0 Å². The van der Waals surface area contributed by atoms with E-state index in [2.05, 4.69) is 23.1 Å². The normalized spacial score (nSPS) is 13.8. The molecule has 0 saturated heterocycles. The number of hydrogen-bond donors (Lipinski definition) is 1. The number of nitro benzene ring substituents is 1. The second-order valence-corrected chi connectivity index (χ2v) is 5.30. The lowest BCUT2D eigenvalue weighted by atomic mass is 10.0. The molecule has 5 nitrogen and oxygen atoms in total. The standard InChI is InChI=1S/C16H17N3O2/c17-14-10-12(7-8-16(14)19(20)21)11-18-9-3-5-13-4-1-2-6-15(13)18/h1-2,4,6-8,10H,3,5,9,11,17H2. The van der Waals surface area contributed by atoms with Gasteiger partial charge in [0.1, 0.15) is 5.69 Å². The highest BCUT2D eigenvalue weighted by atomic mass is 16.6. The maximum Gasteiger partial charge on any atom is 0.292 e. The van der Waals surface area contributed by atoms with Crippen molar-refractivity contribution in [1.29, 1.82) is 0 Å². The molecule has 1 heterocycles. The van der Waals surface area contributed by atoms with Crippen molar-refractivity contribution in [1.82, 2.24) is 0 Å². The number of hydrogen-bond acceptors (Lipinski definition) is 4. The lowest BCUT2D eigenvalue weighted by Crippen LogP contribution is -2.28. The molecule has 0 amide bonds. The Morgan fingerprint density at radius 3 is 2.81 bits per heavy atom. The summed E-state index contributed by atoms with van der Waals surface area (Å²) in [5.74, 6) is 0. The zero-order valence-corrected chi connectivity index (χ0v) is 11.7. The van der Waals surface area contributed by atoms with Crippen molar-refractivity contribution in [3.05, 3.63) is 63.7 Å². The van der Waals surface area contributed by atoms with Gasteiger partial charge in [-0.05, 0) is 36.1 Å². The third-order valence-electron chi connectivity index (χ3n) is 3.87. The highest BCUT2D eigenvalue weighted by molar-refractivity contribution is 5.61. The fourth-order valence-corrected chi connectivity index (χ4v) is 2.86. The number of aryl methyl sites for hydroxylation is 1. The average Bonchev–Trinajstić information content (AvgIpc) is 2.47. The van der Waals surface area contributed by atoms with Gasteiger partial charge in [-0.25, -0.2) is 0 Å². The molecule has 0 aliphatic carbocycles. The summed E-state index contributed by atoms with van der Waals surface area (Å²) < 4.78 is 0. The Bertz CT molecular complexity index is 685. The SMILES string of the molecule is Nc1cc(CN2CCCc3ccccc32)ccc1[N+](=O)[O-]. The van der Waals surface area contributed by atoms with Crippen molar-refractivity contribution in [3.63, 3.8) is 0 Å². The van der Waals surface area contributed by atoms with Crippen LogP contribution in [0.5, 0.6) is 0 Å². The van der Waals surface area contributed by atoms with Crippen LogP contribution in [-0.2, 0) is 13.0 Å². The minimum absolute atomic E-state index is 0.0298. The van der Waals surface area contributed by atoms with E-state index < -0.39 is 4.92 Å². The van der Waals surface area contributed by atoms with E-state index in [1.807, 2.05) is 6.07 Å². The number of nitrogen functional groups attached to an aromatic ring is 1. The number of anilines is 2. The second-order valence-electron chi connectivity index (χ2n) is 5.30. The van der Waals surface area contributed by atoms with Crippen LogP contribution in [0.4, 0.5) is 17.1 Å². The van der Waals surface area contributed by atoms with Crippen molar-refractivity contribution in [2.24, 2.45) is 0 Å². The van der Waals surface area contributed by atoms with Crippen molar-refractivity contribution in [2.75, 3.05) is 17.2 Å². The summed E-state index contributed by atoms with van der Waals surface area (Å²) in [6, 6.07) is 13.4. The fraction of sp³-hybridized carbons (Fsp3) is 0.250. The smallest absolute Gasteiger partial charge is 0.292 e. The first-order valence-corrected chi connectivity index (χ1v) is 7.01. The molecule has 1 aliphatic rings. The highest BCUT2D eigenvalue weighted by Gasteiger charge is 2.17. The molecule has 2 aromatic carbocycles. The van der Waals surface area contributed by atoms with Gasteiger partial charge in [0.2, 0.25) is 0 Å². The zero-order chi connectivity index (χ0) is 14.8. The maximum absolute atomic E-state index is 10.8. The predicted molar refractivity (Wildman–Crippen MR) is 83.3 cm³/mol. The molecule has 2 N–H and O–H groups in total. The lowest BCUT2D eigenvalue weighted by molar-refractivity contribution is -0.383. The fourth-order valence-electron chi connectivity index (χ4n) is 2.86. The minimum atomic E-state index is -0.449. The van der Waals surface area contributed by atoms with Crippen LogP contribution in [0.1, 0.15) is 17.5 Å². The van der Waals surface area contributed by atoms with Gasteiger partial charge in [-0.2, -0.15) is 0 Å². The number of nitrogens with two attached hydrogens (primary N) is 1. The highest BCUT2D eigenvalue weighted by Crippen LogP contribution is 2.29. The topological polar surface area (TPSA) is 72.4 Å². The van der Waals surface area contributed by atoms with E-state index >= 15 is 0 Å². The Kier molecular flexibility index (Phi) is 3.48. The molecule has 108 valence electrons. The number of benzene rings is 2. The Balaban J connectivity index is 1.85. The van der Waals surface area contributed by atoms with Gasteiger partial charge in [0.25, 0.3) is 5.69 Å². The van der Waals surface area contributed by atoms with Crippen molar-refractivity contribution >= 4 is 17.1 Å². The molecule has 0 spiro atoms. The predicted octanol–water partition coefficient (Wildman–Crippen LogP) is 3.13. The van der Waals surface area contributed by atoms with E-state index in [0.29, 0.717) is 0 Å². The molecular formula is C16H17N3O2. The van der Waals surface area contributed by atoms with Gasteiger partial charge < -0.3 is 10.6 Å². The van der Waals surface area contributed by atoms with Crippen molar-refractivity contribution in [2.45, 2.75) is 19.4 Å². The number of rotatable bonds is 3. The van der Waals surface area contributed by atoms with Crippen molar-refractivity contribution in [3.8, 4) is 0 Å². The Morgan fingerprint density at radius 2 is 2.05 bits per heavy atom. The summed E-state index contributed by atoms with van der Waals surface area (Å²) >= 11 is 0. The molecule has 0 aromatic heterocycles. The Hall–Kier alpha value is -2.56. The molecule has 1 aliphatic heterocycles. The molecule has 0 unspecified atom stereocenters. The number of nitrogens with zero attached hydrogens (tertiary/aromatic N) is 2. The van der Waals surface area contributed by atoms with Crippen LogP contribution in [0, 0.1) is 10.1 Å². The summed E-state index contributed by atoms with van der Waals surface area (Å²) in [5, 5.41) is 10.8. The van der Waals surface area contributed by atoms with Crippen LogP contribution in [-0.4, -0.2) is 11.5 Å². The zero-order valence-electron chi connectivity index (χ0n) is 11.7. The molecule has 0 atom stereocenters. The summed E-state index contributed by atoms with van der Waals surface area (Å²) in [6.45, 7) is 1.72. The lowest BCUT2D eigenvalue weighted by Gasteiger charge is -2.31. The number of para-hydroxylation sites is 1.